The van der Waals surface area contributed by atoms with E-state index < -0.39 is 28.5 Å². The second kappa shape index (κ2) is 9.59. The van der Waals surface area contributed by atoms with Gasteiger partial charge in [-0.3, -0.25) is 9.10 Å². The summed E-state index contributed by atoms with van der Waals surface area (Å²) in [5.74, 6) is -1.16. The molecule has 0 atom stereocenters. The highest BCUT2D eigenvalue weighted by atomic mass is 35.5. The van der Waals surface area contributed by atoms with Gasteiger partial charge in [0.15, 0.2) is 6.61 Å². The van der Waals surface area contributed by atoms with Crippen LogP contribution in [0.5, 0.6) is 0 Å². The van der Waals surface area contributed by atoms with Gasteiger partial charge in [0.1, 0.15) is 0 Å². The fourth-order valence-corrected chi connectivity index (χ4v) is 4.56. The third-order valence-electron chi connectivity index (χ3n) is 5.10. The van der Waals surface area contributed by atoms with Crippen LogP contribution < -0.4 is 9.21 Å². The lowest BCUT2D eigenvalue weighted by atomic mass is 10.1. The molecule has 0 N–H and O–H groups in total. The van der Waals surface area contributed by atoms with Crippen LogP contribution >= 0.6 is 11.6 Å². The van der Waals surface area contributed by atoms with Crippen molar-refractivity contribution in [3.05, 3.63) is 58.1 Å². The number of benzene rings is 2. The first-order valence-corrected chi connectivity index (χ1v) is 12.1. The lowest BCUT2D eigenvalue weighted by Crippen LogP contribution is -2.35. The molecule has 0 radical (unpaired) electrons. The molecule has 32 heavy (non-hydrogen) atoms. The predicted octanol–water partition coefficient (Wildman–Crippen LogP) is 3.07. The number of nitriles is 1. The van der Waals surface area contributed by atoms with Crippen molar-refractivity contribution in [3.63, 3.8) is 0 Å². The Kier molecular flexibility index (Phi) is 7.06. The molecule has 2 aromatic rings. The van der Waals surface area contributed by atoms with Crippen LogP contribution in [0.3, 0.4) is 0 Å². The zero-order valence-electron chi connectivity index (χ0n) is 17.7. The Bertz CT molecular complexity index is 1210. The Morgan fingerprint density at radius 1 is 1.25 bits per heavy atom. The highest BCUT2D eigenvalue weighted by molar-refractivity contribution is 7.92. The SMILES string of the molecule is Cc1cc(N(CCC#N)C(=O)COC(=O)c2ccc3c(c2)CCN3S(C)(=O)=O)ccc1Cl. The summed E-state index contributed by atoms with van der Waals surface area (Å²) >= 11 is 6.05. The molecule has 1 aliphatic heterocycles. The molecule has 2 aromatic carbocycles. The number of nitrogens with zero attached hydrogens (tertiary/aromatic N) is 3. The molecule has 0 spiro atoms. The Morgan fingerprint density at radius 3 is 2.66 bits per heavy atom. The number of halogens is 1. The standard InChI is InChI=1S/C22H22ClN3O5S/c1-15-12-18(5-6-19(15)23)25(10-3-9-24)21(27)14-31-22(28)17-4-7-20-16(13-17)8-11-26(20)32(2,29)30/h4-7,12-13H,3,8,10-11,14H2,1-2H3. The zero-order chi connectivity index (χ0) is 23.5. The Morgan fingerprint density at radius 2 is 2.00 bits per heavy atom. The summed E-state index contributed by atoms with van der Waals surface area (Å²) in [6, 6.07) is 11.7. The van der Waals surface area contributed by atoms with Crippen LogP contribution in [0.1, 0.15) is 27.9 Å². The van der Waals surface area contributed by atoms with Crippen molar-refractivity contribution >= 4 is 44.9 Å². The van der Waals surface area contributed by atoms with E-state index in [9.17, 15) is 18.0 Å². The van der Waals surface area contributed by atoms with Gasteiger partial charge < -0.3 is 9.64 Å². The Balaban J connectivity index is 1.70. The van der Waals surface area contributed by atoms with Crippen molar-refractivity contribution in [2.75, 3.05) is 35.2 Å². The van der Waals surface area contributed by atoms with E-state index in [1.54, 1.807) is 37.3 Å². The van der Waals surface area contributed by atoms with Gasteiger partial charge in [-0.25, -0.2) is 13.2 Å². The summed E-state index contributed by atoms with van der Waals surface area (Å²) in [5.41, 5.74) is 2.83. The fourth-order valence-electron chi connectivity index (χ4n) is 3.49. The van der Waals surface area contributed by atoms with E-state index in [1.807, 2.05) is 6.07 Å². The topological polar surface area (TPSA) is 108 Å². The first-order chi connectivity index (χ1) is 15.1. The van der Waals surface area contributed by atoms with Gasteiger partial charge in [-0.15, -0.1) is 0 Å². The van der Waals surface area contributed by atoms with Crippen LogP contribution in [0.25, 0.3) is 0 Å². The number of hydrogen-bond donors (Lipinski definition) is 0. The van der Waals surface area contributed by atoms with Gasteiger partial charge in [-0.2, -0.15) is 5.26 Å². The molecular weight excluding hydrogens is 454 g/mol. The van der Waals surface area contributed by atoms with Gasteiger partial charge in [-0.05, 0) is 60.9 Å². The number of rotatable bonds is 7. The Hall–Kier alpha value is -3.09. The number of carbonyl (C=O) groups excluding carboxylic acids is 2. The minimum atomic E-state index is -3.38. The lowest BCUT2D eigenvalue weighted by Gasteiger charge is -2.22. The molecule has 0 aromatic heterocycles. The average molecular weight is 476 g/mol. The van der Waals surface area contributed by atoms with Crippen molar-refractivity contribution in [1.82, 2.24) is 0 Å². The zero-order valence-corrected chi connectivity index (χ0v) is 19.2. The van der Waals surface area contributed by atoms with Gasteiger partial charge in [-0.1, -0.05) is 11.6 Å². The smallest absolute Gasteiger partial charge is 0.338 e. The summed E-state index contributed by atoms with van der Waals surface area (Å²) in [6.07, 6.45) is 1.74. The molecule has 1 heterocycles. The van der Waals surface area contributed by atoms with Gasteiger partial charge in [0, 0.05) is 23.8 Å². The summed E-state index contributed by atoms with van der Waals surface area (Å²) < 4.78 is 30.2. The summed E-state index contributed by atoms with van der Waals surface area (Å²) in [7, 11) is -3.38. The number of aryl methyl sites for hydroxylation is 1. The van der Waals surface area contributed by atoms with E-state index in [0.717, 1.165) is 17.4 Å². The van der Waals surface area contributed by atoms with Crippen molar-refractivity contribution in [2.24, 2.45) is 0 Å². The van der Waals surface area contributed by atoms with Crippen LogP contribution in [0, 0.1) is 18.3 Å². The minimum Gasteiger partial charge on any atom is -0.452 e. The van der Waals surface area contributed by atoms with Crippen LogP contribution in [-0.4, -0.2) is 46.2 Å². The molecule has 0 fully saturated rings. The van der Waals surface area contributed by atoms with Crippen LogP contribution in [0.4, 0.5) is 11.4 Å². The minimum absolute atomic E-state index is 0.114. The molecule has 0 saturated carbocycles. The highest BCUT2D eigenvalue weighted by Crippen LogP contribution is 2.31. The molecule has 1 amide bonds. The molecule has 0 unspecified atom stereocenters. The average Bonchev–Trinajstić information content (AvgIpc) is 3.18. The molecule has 0 aliphatic carbocycles. The van der Waals surface area contributed by atoms with Gasteiger partial charge >= 0.3 is 5.97 Å². The number of esters is 1. The van der Waals surface area contributed by atoms with E-state index >= 15 is 0 Å². The van der Waals surface area contributed by atoms with Crippen LogP contribution in [-0.2, 0) is 26.0 Å². The van der Waals surface area contributed by atoms with Crippen LogP contribution in [0.2, 0.25) is 5.02 Å². The van der Waals surface area contributed by atoms with E-state index in [2.05, 4.69) is 0 Å². The number of amides is 1. The highest BCUT2D eigenvalue weighted by Gasteiger charge is 2.27. The number of anilines is 2. The molecule has 1 aliphatic rings. The maximum Gasteiger partial charge on any atom is 0.338 e. The quantitative estimate of drug-likeness (QED) is 0.569. The number of hydrogen-bond acceptors (Lipinski definition) is 6. The Labute approximate surface area is 192 Å². The largest absolute Gasteiger partial charge is 0.452 e. The molecule has 3 rings (SSSR count). The van der Waals surface area contributed by atoms with Crippen molar-refractivity contribution < 1.29 is 22.7 Å². The maximum absolute atomic E-state index is 12.8. The third kappa shape index (κ3) is 5.21. The van der Waals surface area contributed by atoms with E-state index in [1.165, 1.54) is 15.3 Å². The first-order valence-electron chi connectivity index (χ1n) is 9.83. The van der Waals surface area contributed by atoms with Crippen LogP contribution in [0.15, 0.2) is 36.4 Å². The summed E-state index contributed by atoms with van der Waals surface area (Å²) in [6.45, 7) is 1.77. The second-order valence-electron chi connectivity index (χ2n) is 7.39. The molecule has 8 nitrogen and oxygen atoms in total. The molecule has 0 bridgehead atoms. The molecular formula is C22H22ClN3O5S. The maximum atomic E-state index is 12.8. The fraction of sp³-hybridized carbons (Fsp3) is 0.318. The van der Waals surface area contributed by atoms with Gasteiger partial charge in [0.05, 0.1) is 30.0 Å². The van der Waals surface area contributed by atoms with Crippen molar-refractivity contribution in [1.29, 1.82) is 5.26 Å². The summed E-state index contributed by atoms with van der Waals surface area (Å²) in [5, 5.41) is 9.47. The van der Waals surface area contributed by atoms with E-state index in [0.29, 0.717) is 29.4 Å². The van der Waals surface area contributed by atoms with E-state index in [-0.39, 0.29) is 18.5 Å². The van der Waals surface area contributed by atoms with Crippen molar-refractivity contribution in [2.45, 2.75) is 19.8 Å². The number of carbonyl (C=O) groups is 2. The van der Waals surface area contributed by atoms with E-state index in [4.69, 9.17) is 21.6 Å². The molecule has 168 valence electrons. The van der Waals surface area contributed by atoms with Crippen molar-refractivity contribution in [3.8, 4) is 6.07 Å². The molecule has 10 heteroatoms. The predicted molar refractivity (Wildman–Crippen MR) is 121 cm³/mol. The summed E-state index contributed by atoms with van der Waals surface area (Å²) in [4.78, 5) is 26.6. The number of sulfonamides is 1. The third-order valence-corrected chi connectivity index (χ3v) is 6.70. The molecule has 0 saturated heterocycles. The second-order valence-corrected chi connectivity index (χ2v) is 9.71. The lowest BCUT2D eigenvalue weighted by molar-refractivity contribution is -0.121. The normalized spacial score (nSPS) is 12.8. The van der Waals surface area contributed by atoms with Gasteiger partial charge in [0.25, 0.3) is 5.91 Å². The van der Waals surface area contributed by atoms with Gasteiger partial charge in [0.2, 0.25) is 10.0 Å². The first kappa shape index (κ1) is 23.6. The number of ether oxygens (including phenoxy) is 1. The monoisotopic (exact) mass is 475 g/mol. The number of fused-ring (bicyclic) bond motifs is 1.